The Kier molecular flexibility index (Phi) is 8.21. The van der Waals surface area contributed by atoms with Gasteiger partial charge < -0.3 is 20.4 Å². The minimum Gasteiger partial charge on any atom is -0.508 e. The molecule has 0 aliphatic rings. The van der Waals surface area contributed by atoms with Gasteiger partial charge in [-0.15, -0.1) is 0 Å². The van der Waals surface area contributed by atoms with E-state index in [0.717, 1.165) is 37.5 Å². The molecule has 21 heavy (non-hydrogen) atoms. The molecule has 1 aromatic rings. The Labute approximate surface area is 121 Å². The minimum absolute atomic E-state index is 0.252. The smallest absolute Gasteiger partial charge is 0.335 e. The number of aromatic hydroxyl groups is 1. The molecule has 0 saturated carbocycles. The van der Waals surface area contributed by atoms with E-state index in [1.54, 1.807) is 0 Å². The van der Waals surface area contributed by atoms with Crippen molar-refractivity contribution in [2.24, 2.45) is 0 Å². The standard InChI is InChI=1S/C8H6O5.C6H12O2/c9-6-2-4(7(10)11)1-5(3-6)8(12)13;1-2-3-4-5-6(7)8/h1-3,9H,(H,10,11)(H,12,13);2-5H2,1H3,(H,7,8). The number of hydrogen-bond acceptors (Lipinski definition) is 4. The molecule has 0 fully saturated rings. The third-order valence-corrected chi connectivity index (χ3v) is 2.41. The summed E-state index contributed by atoms with van der Waals surface area (Å²) in [6, 6.07) is 2.94. The number of aliphatic carboxylic acids is 1. The lowest BCUT2D eigenvalue weighted by Gasteiger charge is -1.98. The third kappa shape index (κ3) is 8.25. The predicted octanol–water partition coefficient (Wildman–Crippen LogP) is 2.44. The van der Waals surface area contributed by atoms with Gasteiger partial charge in [-0.1, -0.05) is 19.8 Å². The van der Waals surface area contributed by atoms with Crippen molar-refractivity contribution in [2.75, 3.05) is 0 Å². The van der Waals surface area contributed by atoms with Gasteiger partial charge in [-0.25, -0.2) is 9.59 Å². The average molecular weight is 298 g/mol. The Bertz CT molecular complexity index is 476. The van der Waals surface area contributed by atoms with Crippen molar-refractivity contribution in [1.29, 1.82) is 0 Å². The van der Waals surface area contributed by atoms with Gasteiger partial charge in [0.15, 0.2) is 0 Å². The Morgan fingerprint density at radius 2 is 1.38 bits per heavy atom. The summed E-state index contributed by atoms with van der Waals surface area (Å²) in [4.78, 5) is 30.7. The third-order valence-electron chi connectivity index (χ3n) is 2.41. The fourth-order valence-electron chi connectivity index (χ4n) is 1.38. The van der Waals surface area contributed by atoms with E-state index in [2.05, 4.69) is 6.92 Å². The van der Waals surface area contributed by atoms with Crippen LogP contribution in [0.2, 0.25) is 0 Å². The average Bonchev–Trinajstić information content (AvgIpc) is 2.38. The molecule has 0 unspecified atom stereocenters. The van der Waals surface area contributed by atoms with Crippen LogP contribution in [0.25, 0.3) is 0 Å². The monoisotopic (exact) mass is 298 g/mol. The number of aromatic carboxylic acids is 2. The van der Waals surface area contributed by atoms with Crippen LogP contribution in [-0.2, 0) is 4.79 Å². The second-order valence-electron chi connectivity index (χ2n) is 4.23. The Hall–Kier alpha value is -2.57. The molecule has 0 heterocycles. The van der Waals surface area contributed by atoms with Gasteiger partial charge in [0.25, 0.3) is 0 Å². The zero-order valence-electron chi connectivity index (χ0n) is 11.6. The van der Waals surface area contributed by atoms with E-state index >= 15 is 0 Å². The number of carbonyl (C=O) groups is 3. The van der Waals surface area contributed by atoms with Crippen molar-refractivity contribution < 1.29 is 34.8 Å². The normalized spacial score (nSPS) is 9.38. The molecule has 1 aromatic carbocycles. The van der Waals surface area contributed by atoms with Crippen LogP contribution >= 0.6 is 0 Å². The molecule has 4 N–H and O–H groups in total. The quantitative estimate of drug-likeness (QED) is 0.593. The van der Waals surface area contributed by atoms with Gasteiger partial charge in [0.1, 0.15) is 5.75 Å². The first kappa shape index (κ1) is 18.4. The summed E-state index contributed by atoms with van der Waals surface area (Å²) in [7, 11) is 0. The lowest BCUT2D eigenvalue weighted by atomic mass is 10.1. The molecule has 0 aromatic heterocycles. The SMILES string of the molecule is CCCCCC(=O)O.O=C(O)c1cc(O)cc(C(=O)O)c1. The lowest BCUT2D eigenvalue weighted by Crippen LogP contribution is -2.01. The Morgan fingerprint density at radius 1 is 0.905 bits per heavy atom. The predicted molar refractivity (Wildman–Crippen MR) is 73.8 cm³/mol. The van der Waals surface area contributed by atoms with Gasteiger partial charge in [-0.05, 0) is 24.6 Å². The van der Waals surface area contributed by atoms with Crippen LogP contribution < -0.4 is 0 Å². The molecule has 0 spiro atoms. The maximum Gasteiger partial charge on any atom is 0.335 e. The first-order valence-corrected chi connectivity index (χ1v) is 6.30. The zero-order valence-corrected chi connectivity index (χ0v) is 11.6. The van der Waals surface area contributed by atoms with E-state index in [1.165, 1.54) is 0 Å². The Balaban J connectivity index is 0.000000433. The molecule has 0 bridgehead atoms. The van der Waals surface area contributed by atoms with Gasteiger partial charge >= 0.3 is 17.9 Å². The topological polar surface area (TPSA) is 132 Å². The molecule has 0 amide bonds. The first-order chi connectivity index (χ1) is 9.77. The highest BCUT2D eigenvalue weighted by Crippen LogP contribution is 2.15. The number of carboxylic acids is 3. The molecule has 7 heteroatoms. The molecule has 116 valence electrons. The van der Waals surface area contributed by atoms with Gasteiger partial charge in [0.05, 0.1) is 11.1 Å². The molecular weight excluding hydrogens is 280 g/mol. The summed E-state index contributed by atoms with van der Waals surface area (Å²) in [5, 5.41) is 34.1. The van der Waals surface area contributed by atoms with Crippen LogP contribution in [0.5, 0.6) is 5.75 Å². The van der Waals surface area contributed by atoms with E-state index in [0.29, 0.717) is 6.42 Å². The second kappa shape index (κ2) is 9.35. The van der Waals surface area contributed by atoms with E-state index < -0.39 is 17.9 Å². The maximum atomic E-state index is 10.4. The highest BCUT2D eigenvalue weighted by Gasteiger charge is 2.10. The molecule has 0 atom stereocenters. The molecule has 1 rings (SSSR count). The number of unbranched alkanes of at least 4 members (excludes halogenated alkanes) is 2. The van der Waals surface area contributed by atoms with Crippen LogP contribution in [0.15, 0.2) is 18.2 Å². The second-order valence-corrected chi connectivity index (χ2v) is 4.23. The number of rotatable bonds is 6. The van der Waals surface area contributed by atoms with Crippen molar-refractivity contribution in [3.63, 3.8) is 0 Å². The molecule has 7 nitrogen and oxygen atoms in total. The van der Waals surface area contributed by atoms with Crippen molar-refractivity contribution >= 4 is 17.9 Å². The highest BCUT2D eigenvalue weighted by molar-refractivity contribution is 5.94. The fourth-order valence-corrected chi connectivity index (χ4v) is 1.38. The van der Waals surface area contributed by atoms with Gasteiger partial charge in [-0.2, -0.15) is 0 Å². The van der Waals surface area contributed by atoms with Crippen LogP contribution in [-0.4, -0.2) is 38.3 Å². The zero-order chi connectivity index (χ0) is 16.4. The van der Waals surface area contributed by atoms with E-state index in [1.807, 2.05) is 0 Å². The van der Waals surface area contributed by atoms with E-state index in [-0.39, 0.29) is 16.9 Å². The number of phenolic OH excluding ortho intramolecular Hbond substituents is 1. The molecule has 0 aliphatic carbocycles. The molecule has 0 radical (unpaired) electrons. The fraction of sp³-hybridized carbons (Fsp3) is 0.357. The molecular formula is C14H18O7. The van der Waals surface area contributed by atoms with Gasteiger partial charge in [0.2, 0.25) is 0 Å². The lowest BCUT2D eigenvalue weighted by molar-refractivity contribution is -0.137. The summed E-state index contributed by atoms with van der Waals surface area (Å²) >= 11 is 0. The summed E-state index contributed by atoms with van der Waals surface area (Å²) in [5.41, 5.74) is -0.505. The van der Waals surface area contributed by atoms with Crippen LogP contribution in [0.3, 0.4) is 0 Å². The number of benzene rings is 1. The molecule has 0 saturated heterocycles. The van der Waals surface area contributed by atoms with Gasteiger partial charge in [0, 0.05) is 6.42 Å². The number of carboxylic acid groups (broad SMARTS) is 3. The maximum absolute atomic E-state index is 10.4. The number of phenols is 1. The van der Waals surface area contributed by atoms with Crippen molar-refractivity contribution in [2.45, 2.75) is 32.6 Å². The van der Waals surface area contributed by atoms with E-state index in [4.69, 9.17) is 20.4 Å². The molecule has 0 aliphatic heterocycles. The first-order valence-electron chi connectivity index (χ1n) is 6.30. The van der Waals surface area contributed by atoms with Crippen LogP contribution in [0.4, 0.5) is 0 Å². The Morgan fingerprint density at radius 3 is 1.71 bits per heavy atom. The summed E-state index contributed by atoms with van der Waals surface area (Å²) in [6.07, 6.45) is 3.28. The van der Waals surface area contributed by atoms with Crippen LogP contribution in [0.1, 0.15) is 53.3 Å². The minimum atomic E-state index is -1.28. The highest BCUT2D eigenvalue weighted by atomic mass is 16.4. The summed E-state index contributed by atoms with van der Waals surface area (Å²) < 4.78 is 0. The summed E-state index contributed by atoms with van der Waals surface area (Å²) in [6.45, 7) is 2.06. The largest absolute Gasteiger partial charge is 0.508 e. The van der Waals surface area contributed by atoms with Crippen molar-refractivity contribution in [3.05, 3.63) is 29.3 Å². The summed E-state index contributed by atoms with van der Waals surface area (Å²) in [5.74, 6) is -3.62. The van der Waals surface area contributed by atoms with Crippen molar-refractivity contribution in [3.8, 4) is 5.75 Å². The van der Waals surface area contributed by atoms with Crippen molar-refractivity contribution in [1.82, 2.24) is 0 Å². The van der Waals surface area contributed by atoms with Gasteiger partial charge in [-0.3, -0.25) is 4.79 Å². The number of hydrogen-bond donors (Lipinski definition) is 4. The van der Waals surface area contributed by atoms with Crippen LogP contribution in [0, 0.1) is 0 Å². The van der Waals surface area contributed by atoms with E-state index in [9.17, 15) is 14.4 Å².